The minimum absolute atomic E-state index is 0.584. The van der Waals surface area contributed by atoms with Gasteiger partial charge in [0.15, 0.2) is 24.5 Å². The van der Waals surface area contributed by atoms with Crippen LogP contribution >= 0.6 is 11.6 Å². The number of halogens is 1. The molecule has 1 aromatic heterocycles. The van der Waals surface area contributed by atoms with Crippen molar-refractivity contribution < 1.29 is 4.57 Å². The van der Waals surface area contributed by atoms with E-state index in [4.69, 9.17) is 22.1 Å². The zero-order valence-corrected chi connectivity index (χ0v) is 6.86. The molecule has 4 heteroatoms. The van der Waals surface area contributed by atoms with Crippen molar-refractivity contribution in [2.75, 3.05) is 0 Å². The molecule has 58 valence electrons. The van der Waals surface area contributed by atoms with Gasteiger partial charge in [-0.15, -0.1) is 0 Å². The number of hydrogen-bond donors (Lipinski definition) is 0. The van der Waals surface area contributed by atoms with E-state index >= 15 is 0 Å². The fourth-order valence-electron chi connectivity index (χ4n) is 0.754. The molecule has 0 aliphatic rings. The van der Waals surface area contributed by atoms with Gasteiger partial charge in [-0.2, -0.15) is 15.1 Å². The summed E-state index contributed by atoms with van der Waals surface area (Å²) in [6.07, 6.45) is 3.19. The number of aromatic nitrogens is 1. The van der Waals surface area contributed by atoms with Crippen molar-refractivity contribution in [3.05, 3.63) is 29.5 Å². The Balaban J connectivity index is 2.99. The van der Waals surface area contributed by atoms with E-state index in [2.05, 4.69) is 0 Å². The van der Waals surface area contributed by atoms with Gasteiger partial charge in [0.25, 0.3) is 0 Å². The summed E-state index contributed by atoms with van der Waals surface area (Å²) in [5, 5.41) is 17.6. The lowest BCUT2D eigenvalue weighted by molar-refractivity contribution is -0.697. The summed E-state index contributed by atoms with van der Waals surface area (Å²) < 4.78 is 1.49. The predicted octanol–water partition coefficient (Wildman–Crippen LogP) is 1.22. The maximum Gasteiger partial charge on any atom is 0.329 e. The first-order chi connectivity index (χ1) is 5.77. The molecule has 0 spiro atoms. The van der Waals surface area contributed by atoms with Gasteiger partial charge < -0.3 is 0 Å². The first-order valence-electron chi connectivity index (χ1n) is 3.23. The lowest BCUT2D eigenvalue weighted by Crippen LogP contribution is -2.36. The zero-order valence-electron chi connectivity index (χ0n) is 6.11. The quantitative estimate of drug-likeness (QED) is 0.607. The molecule has 0 saturated heterocycles. The molecule has 0 N–H and O–H groups in total. The van der Waals surface area contributed by atoms with Crippen molar-refractivity contribution in [3.63, 3.8) is 0 Å². The number of nitriles is 2. The van der Waals surface area contributed by atoms with Crippen LogP contribution in [0.1, 0.15) is 6.04 Å². The van der Waals surface area contributed by atoms with E-state index < -0.39 is 6.04 Å². The fraction of sp³-hybridized carbons (Fsp3) is 0.125. The standard InChI is InChI=1S/C8H5ClN3/c9-7-1-3-12(4-2-7)8(5-10)6-11/h1-4,8H/q+1. The first-order valence-corrected chi connectivity index (χ1v) is 3.61. The van der Waals surface area contributed by atoms with Gasteiger partial charge in [0, 0.05) is 12.1 Å². The second kappa shape index (κ2) is 3.71. The van der Waals surface area contributed by atoms with Gasteiger partial charge in [0.1, 0.15) is 0 Å². The molecule has 0 unspecified atom stereocenters. The van der Waals surface area contributed by atoms with Crippen LogP contribution in [-0.2, 0) is 0 Å². The first kappa shape index (κ1) is 8.52. The maximum absolute atomic E-state index is 8.52. The maximum atomic E-state index is 8.52. The van der Waals surface area contributed by atoms with Crippen LogP contribution in [0.5, 0.6) is 0 Å². The molecule has 0 aromatic carbocycles. The van der Waals surface area contributed by atoms with Crippen molar-refractivity contribution in [2.24, 2.45) is 0 Å². The number of nitrogens with zero attached hydrogens (tertiary/aromatic N) is 3. The molecule has 0 aliphatic heterocycles. The van der Waals surface area contributed by atoms with E-state index in [0.717, 1.165) is 0 Å². The third kappa shape index (κ3) is 1.72. The lowest BCUT2D eigenvalue weighted by Gasteiger charge is -1.93. The summed E-state index contributed by atoms with van der Waals surface area (Å²) in [7, 11) is 0. The SMILES string of the molecule is N#CC(C#N)[n+]1ccc(Cl)cc1. The van der Waals surface area contributed by atoms with Gasteiger partial charge in [0.2, 0.25) is 0 Å². The molecule has 0 aliphatic carbocycles. The smallest absolute Gasteiger partial charge is 0.190 e. The van der Waals surface area contributed by atoms with Gasteiger partial charge in [-0.25, -0.2) is 0 Å². The monoisotopic (exact) mass is 178 g/mol. The summed E-state index contributed by atoms with van der Waals surface area (Å²) in [6.45, 7) is 0. The van der Waals surface area contributed by atoms with Gasteiger partial charge >= 0.3 is 6.04 Å². The van der Waals surface area contributed by atoms with E-state index in [9.17, 15) is 0 Å². The zero-order chi connectivity index (χ0) is 8.97. The average Bonchev–Trinajstić information content (AvgIpc) is 2.10. The molecule has 0 saturated carbocycles. The van der Waals surface area contributed by atoms with E-state index in [0.29, 0.717) is 5.02 Å². The van der Waals surface area contributed by atoms with Crippen LogP contribution in [0.15, 0.2) is 24.5 Å². The van der Waals surface area contributed by atoms with Gasteiger partial charge in [-0.1, -0.05) is 11.6 Å². The molecule has 0 amide bonds. The minimum Gasteiger partial charge on any atom is -0.190 e. The summed E-state index contributed by atoms with van der Waals surface area (Å²) in [5.74, 6) is 0. The van der Waals surface area contributed by atoms with Crippen molar-refractivity contribution in [3.8, 4) is 12.1 Å². The predicted molar refractivity (Wildman–Crippen MR) is 41.9 cm³/mol. The topological polar surface area (TPSA) is 51.5 Å². The highest BCUT2D eigenvalue weighted by atomic mass is 35.5. The average molecular weight is 179 g/mol. The van der Waals surface area contributed by atoms with Crippen molar-refractivity contribution in [1.29, 1.82) is 10.5 Å². The number of hydrogen-bond acceptors (Lipinski definition) is 2. The van der Waals surface area contributed by atoms with Crippen molar-refractivity contribution in [2.45, 2.75) is 6.04 Å². The molecule has 1 rings (SSSR count). The summed E-state index contributed by atoms with van der Waals surface area (Å²) in [4.78, 5) is 0. The molecule has 0 fully saturated rings. The Morgan fingerprint density at radius 3 is 2.17 bits per heavy atom. The van der Waals surface area contributed by atoms with E-state index in [1.807, 2.05) is 12.1 Å². The normalized spacial score (nSPS) is 9.00. The second-order valence-corrected chi connectivity index (χ2v) is 2.56. The summed E-state index contributed by atoms with van der Waals surface area (Å²) in [5.41, 5.74) is 0. The summed E-state index contributed by atoms with van der Waals surface area (Å²) in [6, 6.07) is 6.17. The Labute approximate surface area is 75.0 Å². The molecule has 1 aromatic rings. The van der Waals surface area contributed by atoms with Crippen LogP contribution in [0.4, 0.5) is 0 Å². The van der Waals surface area contributed by atoms with Crippen LogP contribution in [0, 0.1) is 22.7 Å². The van der Waals surface area contributed by atoms with Crippen LogP contribution in [0.3, 0.4) is 0 Å². The van der Waals surface area contributed by atoms with E-state index in [1.165, 1.54) is 4.57 Å². The van der Waals surface area contributed by atoms with E-state index in [-0.39, 0.29) is 0 Å². The number of pyridine rings is 1. The Morgan fingerprint density at radius 2 is 1.75 bits per heavy atom. The highest BCUT2D eigenvalue weighted by Crippen LogP contribution is 2.03. The van der Waals surface area contributed by atoms with Gasteiger partial charge in [-0.05, 0) is 0 Å². The Morgan fingerprint density at radius 1 is 1.25 bits per heavy atom. The third-order valence-electron chi connectivity index (χ3n) is 1.35. The second-order valence-electron chi connectivity index (χ2n) is 2.12. The van der Waals surface area contributed by atoms with Crippen LogP contribution in [0.25, 0.3) is 0 Å². The van der Waals surface area contributed by atoms with Crippen molar-refractivity contribution in [1.82, 2.24) is 0 Å². The fourth-order valence-corrected chi connectivity index (χ4v) is 0.867. The molecule has 12 heavy (non-hydrogen) atoms. The molecule has 0 bridgehead atoms. The molecule has 1 heterocycles. The van der Waals surface area contributed by atoms with Crippen LogP contribution in [-0.4, -0.2) is 0 Å². The largest absolute Gasteiger partial charge is 0.329 e. The third-order valence-corrected chi connectivity index (χ3v) is 1.61. The highest BCUT2D eigenvalue weighted by molar-refractivity contribution is 6.30. The van der Waals surface area contributed by atoms with Gasteiger partial charge in [0.05, 0.1) is 5.02 Å². The molecule has 0 atom stereocenters. The summed E-state index contributed by atoms with van der Waals surface area (Å²) >= 11 is 5.62. The van der Waals surface area contributed by atoms with Crippen LogP contribution in [0.2, 0.25) is 5.02 Å². The lowest BCUT2D eigenvalue weighted by atomic mass is 10.3. The number of rotatable bonds is 1. The highest BCUT2D eigenvalue weighted by Gasteiger charge is 2.14. The van der Waals surface area contributed by atoms with Gasteiger partial charge in [-0.3, -0.25) is 0 Å². The Hall–Kier alpha value is -1.58. The Kier molecular flexibility index (Phi) is 2.63. The van der Waals surface area contributed by atoms with Crippen LogP contribution < -0.4 is 4.57 Å². The van der Waals surface area contributed by atoms with Crippen molar-refractivity contribution >= 4 is 11.6 Å². The molecular formula is C8H5ClN3+. The minimum atomic E-state index is -0.776. The molecular weight excluding hydrogens is 174 g/mol. The Bertz CT molecular complexity index is 330. The molecule has 0 radical (unpaired) electrons. The van der Waals surface area contributed by atoms with E-state index in [1.54, 1.807) is 24.5 Å². The molecule has 3 nitrogen and oxygen atoms in total.